The number of amidine groups is 1. The lowest BCUT2D eigenvalue weighted by molar-refractivity contribution is 0.438. The fraction of sp³-hybridized carbons (Fsp3) is 0.889. The molecule has 1 saturated carbocycles. The monoisotopic (exact) mass is 233 g/mol. The second kappa shape index (κ2) is 4.49. The Labute approximate surface area is 91.2 Å². The van der Waals surface area contributed by atoms with Crippen molar-refractivity contribution in [2.45, 2.75) is 43.9 Å². The lowest BCUT2D eigenvalue weighted by Crippen LogP contribution is -2.46. The van der Waals surface area contributed by atoms with Crippen LogP contribution in [0.25, 0.3) is 0 Å². The number of hydrogen-bond acceptors (Lipinski definition) is 3. The molecule has 1 atom stereocenters. The van der Waals surface area contributed by atoms with Crippen LogP contribution in [-0.2, 0) is 10.0 Å². The minimum atomic E-state index is -3.27. The van der Waals surface area contributed by atoms with Crippen LogP contribution in [0.15, 0.2) is 0 Å². The zero-order chi connectivity index (χ0) is 11.6. The van der Waals surface area contributed by atoms with E-state index in [1.165, 1.54) is 11.4 Å². The molecule has 0 radical (unpaired) electrons. The van der Waals surface area contributed by atoms with Crippen LogP contribution in [0.3, 0.4) is 0 Å². The molecule has 6 heteroatoms. The summed E-state index contributed by atoms with van der Waals surface area (Å²) in [5.74, 6) is -0.112. The maximum atomic E-state index is 12.1. The molecule has 1 unspecified atom stereocenters. The molecule has 15 heavy (non-hydrogen) atoms. The number of nitrogens with one attached hydrogen (secondary N) is 1. The van der Waals surface area contributed by atoms with Crippen LogP contribution < -0.4 is 5.73 Å². The van der Waals surface area contributed by atoms with Crippen molar-refractivity contribution in [1.82, 2.24) is 4.31 Å². The zero-order valence-corrected chi connectivity index (χ0v) is 10.0. The minimum Gasteiger partial charge on any atom is -0.386 e. The number of nitrogens with zero attached hydrogens (tertiary/aromatic N) is 1. The first-order valence-corrected chi connectivity index (χ1v) is 6.68. The summed E-state index contributed by atoms with van der Waals surface area (Å²) >= 11 is 0. The molecule has 0 aromatic carbocycles. The zero-order valence-electron chi connectivity index (χ0n) is 9.23. The molecule has 0 heterocycles. The van der Waals surface area contributed by atoms with Gasteiger partial charge in [0.15, 0.2) is 0 Å². The maximum absolute atomic E-state index is 12.1. The van der Waals surface area contributed by atoms with E-state index in [4.69, 9.17) is 11.1 Å². The Kier molecular flexibility index (Phi) is 3.72. The number of likely N-dealkylation sites (N-methyl/N-ethyl adjacent to an activating group) is 1. The van der Waals surface area contributed by atoms with Gasteiger partial charge in [-0.25, -0.2) is 8.42 Å². The van der Waals surface area contributed by atoms with Gasteiger partial charge in [0.05, 0.1) is 11.3 Å². The molecule has 0 aliphatic heterocycles. The van der Waals surface area contributed by atoms with Gasteiger partial charge in [-0.2, -0.15) is 4.31 Å². The van der Waals surface area contributed by atoms with E-state index in [2.05, 4.69) is 0 Å². The minimum absolute atomic E-state index is 0.112. The number of nitrogens with two attached hydrogens (primary N) is 1. The van der Waals surface area contributed by atoms with Gasteiger partial charge < -0.3 is 5.73 Å². The summed E-state index contributed by atoms with van der Waals surface area (Å²) in [7, 11) is -1.77. The summed E-state index contributed by atoms with van der Waals surface area (Å²) in [5.41, 5.74) is 5.31. The first-order valence-electron chi connectivity index (χ1n) is 5.18. The maximum Gasteiger partial charge on any atom is 0.217 e. The van der Waals surface area contributed by atoms with Gasteiger partial charge in [0.1, 0.15) is 5.84 Å². The topological polar surface area (TPSA) is 87.2 Å². The predicted octanol–water partition coefficient (Wildman–Crippen LogP) is 0.515. The molecule has 88 valence electrons. The van der Waals surface area contributed by atoms with Gasteiger partial charge in [-0.15, -0.1) is 0 Å². The van der Waals surface area contributed by atoms with Gasteiger partial charge in [0.25, 0.3) is 0 Å². The molecular weight excluding hydrogens is 214 g/mol. The van der Waals surface area contributed by atoms with E-state index < -0.39 is 16.1 Å². The third-order valence-electron chi connectivity index (χ3n) is 3.12. The summed E-state index contributed by atoms with van der Waals surface area (Å²) in [5, 5.41) is 6.98. The molecule has 5 nitrogen and oxygen atoms in total. The molecule has 0 aromatic rings. The van der Waals surface area contributed by atoms with Crippen molar-refractivity contribution in [3.05, 3.63) is 0 Å². The van der Waals surface area contributed by atoms with Gasteiger partial charge in [-0.3, -0.25) is 5.41 Å². The summed E-state index contributed by atoms with van der Waals surface area (Å²) in [6.45, 7) is 1.63. The molecule has 1 rings (SSSR count). The average Bonchev–Trinajstić information content (AvgIpc) is 2.68. The van der Waals surface area contributed by atoms with Crippen molar-refractivity contribution in [1.29, 1.82) is 5.41 Å². The van der Waals surface area contributed by atoms with E-state index in [1.54, 1.807) is 6.92 Å². The van der Waals surface area contributed by atoms with Crippen LogP contribution in [0.4, 0.5) is 0 Å². The van der Waals surface area contributed by atoms with Gasteiger partial charge in [-0.1, -0.05) is 12.8 Å². The first-order chi connectivity index (χ1) is 6.87. The van der Waals surface area contributed by atoms with Crippen molar-refractivity contribution >= 4 is 15.9 Å². The van der Waals surface area contributed by atoms with E-state index >= 15 is 0 Å². The van der Waals surface area contributed by atoms with E-state index in [1.807, 2.05) is 0 Å². The van der Waals surface area contributed by atoms with Crippen LogP contribution >= 0.6 is 0 Å². The summed E-state index contributed by atoms with van der Waals surface area (Å²) in [4.78, 5) is 0. The lowest BCUT2D eigenvalue weighted by Gasteiger charge is -2.26. The largest absolute Gasteiger partial charge is 0.386 e. The molecule has 0 saturated heterocycles. The molecule has 0 spiro atoms. The highest BCUT2D eigenvalue weighted by Gasteiger charge is 2.34. The molecular formula is C9H19N3O2S. The fourth-order valence-corrected chi connectivity index (χ4v) is 3.79. The van der Waals surface area contributed by atoms with E-state index in [0.717, 1.165) is 25.7 Å². The van der Waals surface area contributed by atoms with Crippen LogP contribution in [0.5, 0.6) is 0 Å². The second-order valence-corrected chi connectivity index (χ2v) is 6.37. The van der Waals surface area contributed by atoms with Crippen molar-refractivity contribution in [2.24, 2.45) is 5.73 Å². The molecule has 1 aliphatic rings. The van der Waals surface area contributed by atoms with Crippen molar-refractivity contribution in [3.63, 3.8) is 0 Å². The lowest BCUT2D eigenvalue weighted by atomic mass is 10.3. The standard InChI is InChI=1S/C9H19N3O2S/c1-7(9(10)11)12(2)15(13,14)8-5-3-4-6-8/h7-8H,3-6H2,1-2H3,(H3,10,11). The van der Waals surface area contributed by atoms with Crippen molar-refractivity contribution in [2.75, 3.05) is 7.05 Å². The Morgan fingerprint density at radius 2 is 1.93 bits per heavy atom. The smallest absolute Gasteiger partial charge is 0.217 e. The Morgan fingerprint density at radius 1 is 1.47 bits per heavy atom. The fourth-order valence-electron chi connectivity index (χ4n) is 1.84. The quantitative estimate of drug-likeness (QED) is 0.548. The second-order valence-electron chi connectivity index (χ2n) is 4.10. The number of hydrogen-bond donors (Lipinski definition) is 2. The predicted molar refractivity (Wildman–Crippen MR) is 60.3 cm³/mol. The highest BCUT2D eigenvalue weighted by molar-refractivity contribution is 7.89. The SMILES string of the molecule is CC(C(=N)N)N(C)S(=O)(=O)C1CCCC1. The molecule has 1 fully saturated rings. The van der Waals surface area contributed by atoms with Crippen LogP contribution in [0.1, 0.15) is 32.6 Å². The first kappa shape index (κ1) is 12.4. The van der Waals surface area contributed by atoms with Crippen molar-refractivity contribution in [3.8, 4) is 0 Å². The highest BCUT2D eigenvalue weighted by atomic mass is 32.2. The Balaban J connectivity index is 2.80. The highest BCUT2D eigenvalue weighted by Crippen LogP contribution is 2.27. The van der Waals surface area contributed by atoms with Crippen LogP contribution in [-0.4, -0.2) is 36.9 Å². The third-order valence-corrected chi connectivity index (χ3v) is 5.55. The third kappa shape index (κ3) is 2.49. The summed E-state index contributed by atoms with van der Waals surface area (Å²) in [6, 6.07) is -0.546. The van der Waals surface area contributed by atoms with E-state index in [0.29, 0.717) is 0 Å². The van der Waals surface area contributed by atoms with E-state index in [9.17, 15) is 8.42 Å². The average molecular weight is 233 g/mol. The van der Waals surface area contributed by atoms with Crippen LogP contribution in [0.2, 0.25) is 0 Å². The molecule has 1 aliphatic carbocycles. The van der Waals surface area contributed by atoms with Gasteiger partial charge in [-0.05, 0) is 19.8 Å². The Bertz CT molecular complexity index is 333. The molecule has 0 bridgehead atoms. The normalized spacial score (nSPS) is 20.7. The Morgan fingerprint density at radius 3 is 2.33 bits per heavy atom. The van der Waals surface area contributed by atoms with E-state index in [-0.39, 0.29) is 11.1 Å². The van der Waals surface area contributed by atoms with Gasteiger partial charge >= 0.3 is 0 Å². The Hall–Kier alpha value is -0.620. The van der Waals surface area contributed by atoms with Crippen molar-refractivity contribution < 1.29 is 8.42 Å². The van der Waals surface area contributed by atoms with Crippen LogP contribution in [0, 0.1) is 5.41 Å². The number of sulfonamides is 1. The van der Waals surface area contributed by atoms with Gasteiger partial charge in [0, 0.05) is 7.05 Å². The summed E-state index contributed by atoms with van der Waals surface area (Å²) in [6.07, 6.45) is 3.42. The molecule has 0 amide bonds. The van der Waals surface area contributed by atoms with Gasteiger partial charge in [0.2, 0.25) is 10.0 Å². The number of rotatable bonds is 4. The molecule has 3 N–H and O–H groups in total. The summed E-state index contributed by atoms with van der Waals surface area (Å²) < 4.78 is 25.3. The molecule has 0 aromatic heterocycles.